The molecule has 1 aromatic heterocycles. The van der Waals surface area contributed by atoms with Gasteiger partial charge >= 0.3 is 0 Å². The molecule has 2 unspecified atom stereocenters. The number of nitriles is 1. The Hall–Kier alpha value is -1.60. The molecule has 2 bridgehead atoms. The Morgan fingerprint density at radius 1 is 1.28 bits per heavy atom. The van der Waals surface area contributed by atoms with Gasteiger partial charge in [0.2, 0.25) is 0 Å². The summed E-state index contributed by atoms with van der Waals surface area (Å²) in [6, 6.07) is 7.35. The first-order chi connectivity index (χ1) is 8.78. The van der Waals surface area contributed by atoms with Crippen LogP contribution in [0, 0.1) is 11.3 Å². The van der Waals surface area contributed by atoms with Crippen molar-refractivity contribution in [2.24, 2.45) is 0 Å². The number of anilines is 1. The Balaban J connectivity index is 1.78. The lowest BCUT2D eigenvalue weighted by atomic mass is 10.1. The summed E-state index contributed by atoms with van der Waals surface area (Å²) in [4.78, 5) is 9.30. The van der Waals surface area contributed by atoms with Crippen molar-refractivity contribution in [1.82, 2.24) is 9.88 Å². The zero-order valence-electron chi connectivity index (χ0n) is 10.7. The van der Waals surface area contributed by atoms with Crippen molar-refractivity contribution in [3.63, 3.8) is 0 Å². The van der Waals surface area contributed by atoms with Gasteiger partial charge in [-0.3, -0.25) is 4.90 Å². The van der Waals surface area contributed by atoms with E-state index < -0.39 is 0 Å². The second-order valence-electron chi connectivity index (χ2n) is 5.30. The molecule has 2 atom stereocenters. The Kier molecular flexibility index (Phi) is 2.92. The summed E-state index contributed by atoms with van der Waals surface area (Å²) < 4.78 is 0. The molecule has 0 saturated carbocycles. The molecule has 2 aliphatic rings. The van der Waals surface area contributed by atoms with Crippen molar-refractivity contribution in [2.75, 3.05) is 25.0 Å². The van der Waals surface area contributed by atoms with Gasteiger partial charge in [0.15, 0.2) is 0 Å². The van der Waals surface area contributed by atoms with Gasteiger partial charge in [0.25, 0.3) is 0 Å². The van der Waals surface area contributed by atoms with Crippen molar-refractivity contribution in [1.29, 1.82) is 5.26 Å². The van der Waals surface area contributed by atoms with E-state index in [-0.39, 0.29) is 0 Å². The SMILES string of the molecule is CN1C2CCC1CN(c1ccc(C#N)cn1)CC2. The summed E-state index contributed by atoms with van der Waals surface area (Å²) in [5.74, 6) is 1.01. The molecule has 3 heterocycles. The molecule has 2 aliphatic heterocycles. The van der Waals surface area contributed by atoms with Gasteiger partial charge in [0.05, 0.1) is 5.56 Å². The van der Waals surface area contributed by atoms with Crippen molar-refractivity contribution < 1.29 is 0 Å². The number of fused-ring (bicyclic) bond motifs is 2. The number of pyridine rings is 1. The van der Waals surface area contributed by atoms with Gasteiger partial charge in [0, 0.05) is 31.4 Å². The van der Waals surface area contributed by atoms with E-state index in [2.05, 4.69) is 27.9 Å². The second-order valence-corrected chi connectivity index (χ2v) is 5.30. The molecule has 0 aromatic carbocycles. The van der Waals surface area contributed by atoms with E-state index in [9.17, 15) is 0 Å². The summed E-state index contributed by atoms with van der Waals surface area (Å²) in [6.45, 7) is 2.14. The molecule has 2 fully saturated rings. The summed E-state index contributed by atoms with van der Waals surface area (Å²) in [5, 5.41) is 8.79. The van der Waals surface area contributed by atoms with Crippen LogP contribution in [0.4, 0.5) is 5.82 Å². The van der Waals surface area contributed by atoms with Crippen LogP contribution in [0.3, 0.4) is 0 Å². The van der Waals surface area contributed by atoms with Gasteiger partial charge < -0.3 is 4.90 Å². The lowest BCUT2D eigenvalue weighted by Crippen LogP contribution is -2.36. The molecule has 1 aromatic rings. The molecule has 94 valence electrons. The van der Waals surface area contributed by atoms with Crippen molar-refractivity contribution >= 4 is 5.82 Å². The Morgan fingerprint density at radius 3 is 2.83 bits per heavy atom. The molecular formula is C14H18N4. The third-order valence-electron chi connectivity index (χ3n) is 4.35. The van der Waals surface area contributed by atoms with Crippen LogP contribution >= 0.6 is 0 Å². The predicted molar refractivity (Wildman–Crippen MR) is 70.4 cm³/mol. The van der Waals surface area contributed by atoms with Gasteiger partial charge in [-0.15, -0.1) is 0 Å². The highest BCUT2D eigenvalue weighted by atomic mass is 15.3. The van der Waals surface area contributed by atoms with Crippen molar-refractivity contribution in [2.45, 2.75) is 31.3 Å². The Morgan fingerprint density at radius 2 is 2.11 bits per heavy atom. The minimum Gasteiger partial charge on any atom is -0.355 e. The van der Waals surface area contributed by atoms with Crippen LogP contribution in [0.15, 0.2) is 18.3 Å². The van der Waals surface area contributed by atoms with Crippen LogP contribution in [-0.2, 0) is 0 Å². The maximum absolute atomic E-state index is 8.79. The van der Waals surface area contributed by atoms with E-state index >= 15 is 0 Å². The topological polar surface area (TPSA) is 43.2 Å². The normalized spacial score (nSPS) is 27.9. The molecule has 4 nitrogen and oxygen atoms in total. The van der Waals surface area contributed by atoms with Crippen LogP contribution in [0.25, 0.3) is 0 Å². The first kappa shape index (κ1) is 11.5. The van der Waals surface area contributed by atoms with Gasteiger partial charge in [-0.25, -0.2) is 4.98 Å². The Bertz CT molecular complexity index is 462. The molecule has 0 N–H and O–H groups in total. The predicted octanol–water partition coefficient (Wildman–Crippen LogP) is 1.63. The first-order valence-corrected chi connectivity index (χ1v) is 6.61. The standard InChI is InChI=1S/C14H18N4/c1-17-12-3-4-13(17)10-18(7-6-12)14-5-2-11(8-15)9-16-14/h2,5,9,12-13H,3-4,6-7,10H2,1H3. The molecule has 0 aliphatic carbocycles. The van der Waals surface area contributed by atoms with Crippen LogP contribution in [0.1, 0.15) is 24.8 Å². The third kappa shape index (κ3) is 1.95. The highest BCUT2D eigenvalue weighted by Crippen LogP contribution is 2.29. The maximum Gasteiger partial charge on any atom is 0.128 e. The van der Waals surface area contributed by atoms with E-state index in [1.807, 2.05) is 12.1 Å². The minimum absolute atomic E-state index is 0.632. The highest BCUT2D eigenvalue weighted by Gasteiger charge is 2.34. The number of hydrogen-bond acceptors (Lipinski definition) is 4. The molecular weight excluding hydrogens is 224 g/mol. The van der Waals surface area contributed by atoms with Crippen molar-refractivity contribution in [3.05, 3.63) is 23.9 Å². The smallest absolute Gasteiger partial charge is 0.128 e. The Labute approximate surface area is 108 Å². The number of nitrogens with zero attached hydrogens (tertiary/aromatic N) is 4. The van der Waals surface area contributed by atoms with Crippen LogP contribution in [-0.4, -0.2) is 42.1 Å². The molecule has 18 heavy (non-hydrogen) atoms. The minimum atomic E-state index is 0.632. The average Bonchev–Trinajstić information content (AvgIpc) is 2.64. The van der Waals surface area contributed by atoms with Crippen molar-refractivity contribution in [3.8, 4) is 6.07 Å². The fraction of sp³-hybridized carbons (Fsp3) is 0.571. The molecule has 0 radical (unpaired) electrons. The average molecular weight is 242 g/mol. The van der Waals surface area contributed by atoms with E-state index in [4.69, 9.17) is 5.26 Å². The number of aromatic nitrogens is 1. The maximum atomic E-state index is 8.79. The van der Waals surface area contributed by atoms with Crippen LogP contribution < -0.4 is 4.90 Å². The summed E-state index contributed by atoms with van der Waals surface area (Å²) in [7, 11) is 2.25. The molecule has 3 rings (SSSR count). The highest BCUT2D eigenvalue weighted by molar-refractivity contribution is 5.42. The second kappa shape index (κ2) is 4.58. The zero-order chi connectivity index (χ0) is 12.5. The zero-order valence-corrected chi connectivity index (χ0v) is 10.7. The fourth-order valence-corrected chi connectivity index (χ4v) is 3.16. The van der Waals surface area contributed by atoms with Crippen LogP contribution in [0.2, 0.25) is 0 Å². The fourth-order valence-electron chi connectivity index (χ4n) is 3.16. The summed E-state index contributed by atoms with van der Waals surface area (Å²) in [6.07, 6.45) is 5.53. The van der Waals surface area contributed by atoms with Gasteiger partial charge in [-0.1, -0.05) is 0 Å². The number of hydrogen-bond donors (Lipinski definition) is 0. The first-order valence-electron chi connectivity index (χ1n) is 6.61. The molecule has 2 saturated heterocycles. The summed E-state index contributed by atoms with van der Waals surface area (Å²) >= 11 is 0. The van der Waals surface area contributed by atoms with E-state index in [1.54, 1.807) is 6.20 Å². The number of likely N-dealkylation sites (N-methyl/N-ethyl adjacent to an activating group) is 1. The third-order valence-corrected chi connectivity index (χ3v) is 4.35. The van der Waals surface area contributed by atoms with Gasteiger partial charge in [0.1, 0.15) is 11.9 Å². The van der Waals surface area contributed by atoms with E-state index in [0.29, 0.717) is 11.6 Å². The van der Waals surface area contributed by atoms with Gasteiger partial charge in [-0.2, -0.15) is 5.26 Å². The van der Waals surface area contributed by atoms with E-state index in [0.717, 1.165) is 24.9 Å². The molecule has 0 amide bonds. The summed E-state index contributed by atoms with van der Waals surface area (Å²) in [5.41, 5.74) is 0.632. The largest absolute Gasteiger partial charge is 0.355 e. The van der Waals surface area contributed by atoms with Crippen LogP contribution in [0.5, 0.6) is 0 Å². The lowest BCUT2D eigenvalue weighted by molar-refractivity contribution is 0.254. The molecule has 4 heteroatoms. The van der Waals surface area contributed by atoms with E-state index in [1.165, 1.54) is 19.3 Å². The van der Waals surface area contributed by atoms with Gasteiger partial charge in [-0.05, 0) is 38.4 Å². The quantitative estimate of drug-likeness (QED) is 0.750. The number of rotatable bonds is 1. The monoisotopic (exact) mass is 242 g/mol. The molecule has 0 spiro atoms. The lowest BCUT2D eigenvalue weighted by Gasteiger charge is -2.26.